The zero-order chi connectivity index (χ0) is 18.0. The van der Waals surface area contributed by atoms with Crippen LogP contribution in [0, 0.1) is 0 Å². The summed E-state index contributed by atoms with van der Waals surface area (Å²) in [7, 11) is 0. The zero-order valence-electron chi connectivity index (χ0n) is 13.7. The molecule has 1 unspecified atom stereocenters. The predicted molar refractivity (Wildman–Crippen MR) is 91.9 cm³/mol. The molecule has 0 saturated carbocycles. The van der Waals surface area contributed by atoms with Gasteiger partial charge in [-0.25, -0.2) is 9.78 Å². The lowest BCUT2D eigenvalue weighted by molar-refractivity contribution is -0.147. The molecule has 0 saturated heterocycles. The summed E-state index contributed by atoms with van der Waals surface area (Å²) in [4.78, 5) is 29.1. The average molecular weight is 362 g/mol. The lowest BCUT2D eigenvalue weighted by atomic mass is 10.2. The van der Waals surface area contributed by atoms with Gasteiger partial charge < -0.3 is 4.74 Å². The minimum atomic E-state index is -0.749. The van der Waals surface area contributed by atoms with Crippen LogP contribution in [-0.2, 0) is 9.53 Å². The van der Waals surface area contributed by atoms with Crippen molar-refractivity contribution in [1.82, 2.24) is 24.5 Å². The molecule has 25 heavy (non-hydrogen) atoms. The Bertz CT molecular complexity index is 981. The van der Waals surface area contributed by atoms with Crippen LogP contribution in [0.3, 0.4) is 0 Å². The zero-order valence-corrected chi connectivity index (χ0v) is 14.5. The van der Waals surface area contributed by atoms with Crippen molar-refractivity contribution in [2.24, 2.45) is 0 Å². The van der Waals surface area contributed by atoms with Crippen molar-refractivity contribution in [2.75, 3.05) is 6.61 Å². The van der Waals surface area contributed by atoms with E-state index < -0.39 is 17.6 Å². The largest absolute Gasteiger partial charge is 0.464 e. The maximum atomic E-state index is 12.7. The van der Waals surface area contributed by atoms with Gasteiger partial charge in [-0.2, -0.15) is 4.68 Å². The quantitative estimate of drug-likeness (QED) is 0.646. The number of halogens is 1. The van der Waals surface area contributed by atoms with E-state index in [1.807, 2.05) is 0 Å². The Balaban J connectivity index is 2.11. The summed E-state index contributed by atoms with van der Waals surface area (Å²) in [5, 5.41) is 8.45. The summed E-state index contributed by atoms with van der Waals surface area (Å²) in [6.07, 6.45) is 1.72. The molecule has 0 bridgehead atoms. The minimum Gasteiger partial charge on any atom is -0.464 e. The Labute approximate surface area is 148 Å². The van der Waals surface area contributed by atoms with E-state index in [2.05, 4.69) is 15.3 Å². The highest BCUT2D eigenvalue weighted by Gasteiger charge is 2.23. The fraction of sp³-hybridized carbons (Fsp3) is 0.312. The highest BCUT2D eigenvalue weighted by Crippen LogP contribution is 2.17. The van der Waals surface area contributed by atoms with Gasteiger partial charge in [-0.15, -0.1) is 5.10 Å². The molecule has 0 fully saturated rings. The first-order chi connectivity index (χ1) is 12.1. The van der Waals surface area contributed by atoms with Crippen molar-refractivity contribution in [3.63, 3.8) is 0 Å². The summed E-state index contributed by atoms with van der Waals surface area (Å²) >= 11 is 6.00. The van der Waals surface area contributed by atoms with E-state index in [1.54, 1.807) is 38.1 Å². The number of hydrogen-bond acceptors (Lipinski definition) is 6. The van der Waals surface area contributed by atoms with Gasteiger partial charge in [-0.1, -0.05) is 29.8 Å². The number of fused-ring (bicyclic) bond motifs is 1. The fourth-order valence-corrected chi connectivity index (χ4v) is 2.73. The maximum absolute atomic E-state index is 12.7. The van der Waals surface area contributed by atoms with Crippen molar-refractivity contribution in [3.05, 3.63) is 46.0 Å². The molecule has 0 aliphatic carbocycles. The molecule has 2 heterocycles. The first kappa shape index (κ1) is 17.1. The second-order valence-corrected chi connectivity index (χ2v) is 5.72. The summed E-state index contributed by atoms with van der Waals surface area (Å²) in [6, 6.07) is 6.22. The Morgan fingerprint density at radius 2 is 2.16 bits per heavy atom. The SMILES string of the molecule is CCOC(=O)C(CC)n1cnc2c(nnn2-c2cccc(Cl)c2)c1=O. The van der Waals surface area contributed by atoms with Gasteiger partial charge >= 0.3 is 5.97 Å². The normalized spacial score (nSPS) is 12.3. The number of ether oxygens (including phenoxy) is 1. The van der Waals surface area contributed by atoms with Crippen molar-refractivity contribution < 1.29 is 9.53 Å². The Hall–Kier alpha value is -2.74. The van der Waals surface area contributed by atoms with Crippen molar-refractivity contribution in [1.29, 1.82) is 0 Å². The van der Waals surface area contributed by atoms with Crippen molar-refractivity contribution >= 4 is 28.7 Å². The summed E-state index contributed by atoms with van der Waals surface area (Å²) < 4.78 is 7.68. The number of esters is 1. The van der Waals surface area contributed by atoms with Crippen LogP contribution in [0.15, 0.2) is 35.4 Å². The third-order valence-corrected chi connectivity index (χ3v) is 3.96. The molecule has 130 valence electrons. The van der Waals surface area contributed by atoms with Crippen molar-refractivity contribution in [2.45, 2.75) is 26.3 Å². The number of hydrogen-bond donors (Lipinski definition) is 0. The predicted octanol–water partition coefficient (Wildman–Crippen LogP) is 2.14. The van der Waals surface area contributed by atoms with E-state index in [0.29, 0.717) is 22.8 Å². The number of carbonyl (C=O) groups excluding carboxylic acids is 1. The van der Waals surface area contributed by atoms with Crippen LogP contribution < -0.4 is 5.56 Å². The first-order valence-corrected chi connectivity index (χ1v) is 8.19. The standard InChI is InChI=1S/C16H16ClN5O3/c1-3-12(16(24)25-4-2)21-9-18-14-13(15(21)23)19-20-22(14)11-7-5-6-10(17)8-11/h5-9,12H,3-4H2,1-2H3. The van der Waals surface area contributed by atoms with E-state index >= 15 is 0 Å². The van der Waals surface area contributed by atoms with E-state index in [4.69, 9.17) is 16.3 Å². The molecule has 1 atom stereocenters. The molecule has 0 aliphatic rings. The van der Waals surface area contributed by atoms with Crippen LogP contribution in [0.5, 0.6) is 0 Å². The van der Waals surface area contributed by atoms with E-state index in [1.165, 1.54) is 15.6 Å². The van der Waals surface area contributed by atoms with Gasteiger partial charge in [0.2, 0.25) is 0 Å². The van der Waals surface area contributed by atoms with E-state index in [9.17, 15) is 9.59 Å². The Morgan fingerprint density at radius 3 is 2.84 bits per heavy atom. The molecule has 9 heteroatoms. The molecule has 3 aromatic rings. The summed E-state index contributed by atoms with van der Waals surface area (Å²) in [5.74, 6) is -0.476. The smallest absolute Gasteiger partial charge is 0.329 e. The highest BCUT2D eigenvalue weighted by molar-refractivity contribution is 6.30. The van der Waals surface area contributed by atoms with Gasteiger partial charge in [0.05, 0.1) is 12.3 Å². The molecule has 8 nitrogen and oxygen atoms in total. The van der Waals surface area contributed by atoms with Crippen LogP contribution in [0.25, 0.3) is 16.9 Å². The molecule has 2 aromatic heterocycles. The van der Waals surface area contributed by atoms with Gasteiger partial charge in [0, 0.05) is 5.02 Å². The molecule has 0 amide bonds. The van der Waals surface area contributed by atoms with Crippen LogP contribution in [0.1, 0.15) is 26.3 Å². The van der Waals surface area contributed by atoms with Crippen molar-refractivity contribution in [3.8, 4) is 5.69 Å². The second-order valence-electron chi connectivity index (χ2n) is 5.29. The van der Waals surface area contributed by atoms with Gasteiger partial charge in [0.15, 0.2) is 11.2 Å². The Morgan fingerprint density at radius 1 is 1.36 bits per heavy atom. The lowest BCUT2D eigenvalue weighted by Gasteiger charge is -2.15. The number of benzene rings is 1. The average Bonchev–Trinajstić information content (AvgIpc) is 3.02. The number of carbonyl (C=O) groups is 1. The summed E-state index contributed by atoms with van der Waals surface area (Å²) in [6.45, 7) is 3.75. The van der Waals surface area contributed by atoms with Gasteiger partial charge in [-0.05, 0) is 31.5 Å². The third-order valence-electron chi connectivity index (χ3n) is 3.72. The number of nitrogens with zero attached hydrogens (tertiary/aromatic N) is 5. The molecule has 0 N–H and O–H groups in total. The molecule has 1 aromatic carbocycles. The molecular weight excluding hydrogens is 346 g/mol. The lowest BCUT2D eigenvalue weighted by Crippen LogP contribution is -2.31. The van der Waals surface area contributed by atoms with Crippen LogP contribution in [0.2, 0.25) is 5.02 Å². The van der Waals surface area contributed by atoms with E-state index in [0.717, 1.165) is 0 Å². The molecule has 0 spiro atoms. The van der Waals surface area contributed by atoms with Crippen LogP contribution >= 0.6 is 11.6 Å². The van der Waals surface area contributed by atoms with Gasteiger partial charge in [-0.3, -0.25) is 9.36 Å². The van der Waals surface area contributed by atoms with Gasteiger partial charge in [0.25, 0.3) is 5.56 Å². The molecule has 0 aliphatic heterocycles. The monoisotopic (exact) mass is 361 g/mol. The molecule has 3 rings (SSSR count). The molecular formula is C16H16ClN5O3. The summed E-state index contributed by atoms with van der Waals surface area (Å²) in [5.41, 5.74) is 0.558. The highest BCUT2D eigenvalue weighted by atomic mass is 35.5. The number of aromatic nitrogens is 5. The number of rotatable bonds is 5. The van der Waals surface area contributed by atoms with Crippen LogP contribution in [-0.4, -0.2) is 37.1 Å². The third kappa shape index (κ3) is 3.12. The second kappa shape index (κ2) is 7.02. The topological polar surface area (TPSA) is 91.9 Å². The Kier molecular flexibility index (Phi) is 4.80. The fourth-order valence-electron chi connectivity index (χ4n) is 2.54. The minimum absolute atomic E-state index is 0.0743. The maximum Gasteiger partial charge on any atom is 0.329 e. The molecule has 0 radical (unpaired) electrons. The van der Waals surface area contributed by atoms with E-state index in [-0.39, 0.29) is 12.1 Å². The van der Waals surface area contributed by atoms with Crippen LogP contribution in [0.4, 0.5) is 0 Å². The van der Waals surface area contributed by atoms with Gasteiger partial charge in [0.1, 0.15) is 12.4 Å². The first-order valence-electron chi connectivity index (χ1n) is 7.82.